The largest absolute Gasteiger partial charge is 0.496 e. The van der Waals surface area contributed by atoms with Crippen LogP contribution >= 0.6 is 11.6 Å². The molecular formula is C17H16ClN3O3. The Balaban J connectivity index is 1.98. The predicted molar refractivity (Wildman–Crippen MR) is 93.5 cm³/mol. The first-order chi connectivity index (χ1) is 11.5. The van der Waals surface area contributed by atoms with Crippen LogP contribution in [0.2, 0.25) is 5.02 Å². The zero-order valence-corrected chi connectivity index (χ0v) is 13.9. The summed E-state index contributed by atoms with van der Waals surface area (Å²) in [6.45, 7) is 1.80. The maximum Gasteiger partial charge on any atom is 0.329 e. The number of anilines is 1. The Morgan fingerprint density at radius 1 is 1.17 bits per heavy atom. The number of halogens is 1. The average molecular weight is 346 g/mol. The fraction of sp³-hybridized carbons (Fsp3) is 0.118. The third-order valence-electron chi connectivity index (χ3n) is 3.16. The quantitative estimate of drug-likeness (QED) is 0.508. The number of methoxy groups -OCH3 is 1. The molecule has 0 fully saturated rings. The van der Waals surface area contributed by atoms with E-state index in [9.17, 15) is 9.59 Å². The van der Waals surface area contributed by atoms with Crippen LogP contribution in [0.15, 0.2) is 47.6 Å². The summed E-state index contributed by atoms with van der Waals surface area (Å²) in [5, 5.41) is 6.71. The first kappa shape index (κ1) is 17.5. The van der Waals surface area contributed by atoms with Gasteiger partial charge in [0, 0.05) is 16.3 Å². The van der Waals surface area contributed by atoms with Crippen molar-refractivity contribution in [3.63, 3.8) is 0 Å². The summed E-state index contributed by atoms with van der Waals surface area (Å²) in [4.78, 5) is 23.7. The van der Waals surface area contributed by atoms with Gasteiger partial charge in [0.15, 0.2) is 0 Å². The van der Waals surface area contributed by atoms with E-state index in [1.54, 1.807) is 43.3 Å². The van der Waals surface area contributed by atoms with Gasteiger partial charge in [-0.3, -0.25) is 9.59 Å². The van der Waals surface area contributed by atoms with Gasteiger partial charge in [-0.15, -0.1) is 0 Å². The van der Waals surface area contributed by atoms with Crippen molar-refractivity contribution in [2.75, 3.05) is 12.4 Å². The number of amides is 2. The molecule has 0 heterocycles. The molecule has 0 bridgehead atoms. The summed E-state index contributed by atoms with van der Waals surface area (Å²) in [7, 11) is 1.53. The SMILES string of the molecule is COc1ccccc1C=NNC(=O)C(=O)Nc1cc(Cl)ccc1C. The highest BCUT2D eigenvalue weighted by molar-refractivity contribution is 6.40. The molecule has 0 aliphatic rings. The number of hydrogen-bond donors (Lipinski definition) is 2. The Kier molecular flexibility index (Phi) is 5.92. The van der Waals surface area contributed by atoms with Gasteiger partial charge in [0.05, 0.1) is 13.3 Å². The molecule has 2 N–H and O–H groups in total. The summed E-state index contributed by atoms with van der Waals surface area (Å²) < 4.78 is 5.16. The van der Waals surface area contributed by atoms with Gasteiger partial charge in [-0.05, 0) is 36.8 Å². The molecule has 2 amide bonds. The van der Waals surface area contributed by atoms with E-state index in [0.717, 1.165) is 5.56 Å². The maximum absolute atomic E-state index is 11.9. The molecule has 0 spiro atoms. The molecule has 2 rings (SSSR count). The number of rotatable bonds is 4. The van der Waals surface area contributed by atoms with E-state index in [2.05, 4.69) is 15.8 Å². The van der Waals surface area contributed by atoms with Crippen LogP contribution in [0.25, 0.3) is 0 Å². The number of para-hydroxylation sites is 1. The summed E-state index contributed by atoms with van der Waals surface area (Å²) >= 11 is 5.87. The highest BCUT2D eigenvalue weighted by Gasteiger charge is 2.14. The third kappa shape index (κ3) is 4.57. The Morgan fingerprint density at radius 2 is 1.92 bits per heavy atom. The van der Waals surface area contributed by atoms with Crippen molar-refractivity contribution >= 4 is 35.3 Å². The Morgan fingerprint density at radius 3 is 2.67 bits per heavy atom. The van der Waals surface area contributed by atoms with Crippen LogP contribution in [0, 0.1) is 6.92 Å². The number of carbonyl (C=O) groups is 2. The first-order valence-corrected chi connectivity index (χ1v) is 7.42. The normalized spacial score (nSPS) is 10.5. The molecule has 0 saturated heterocycles. The zero-order valence-electron chi connectivity index (χ0n) is 13.2. The van der Waals surface area contributed by atoms with Crippen LogP contribution in [-0.4, -0.2) is 25.1 Å². The van der Waals surface area contributed by atoms with Crippen LogP contribution in [0.4, 0.5) is 5.69 Å². The smallest absolute Gasteiger partial charge is 0.329 e. The van der Waals surface area contributed by atoms with Crippen molar-refractivity contribution in [1.82, 2.24) is 5.43 Å². The molecule has 0 radical (unpaired) electrons. The van der Waals surface area contributed by atoms with Crippen molar-refractivity contribution in [3.8, 4) is 5.75 Å². The molecule has 0 aliphatic carbocycles. The number of hydrazone groups is 1. The Labute approximate surface area is 144 Å². The fourth-order valence-electron chi connectivity index (χ4n) is 1.89. The third-order valence-corrected chi connectivity index (χ3v) is 3.40. The van der Waals surface area contributed by atoms with Crippen molar-refractivity contribution in [3.05, 3.63) is 58.6 Å². The summed E-state index contributed by atoms with van der Waals surface area (Å²) in [6.07, 6.45) is 1.40. The van der Waals surface area contributed by atoms with Crippen molar-refractivity contribution in [2.24, 2.45) is 5.10 Å². The number of nitrogens with one attached hydrogen (secondary N) is 2. The predicted octanol–water partition coefficient (Wildman–Crippen LogP) is 2.75. The van der Waals surface area contributed by atoms with Crippen LogP contribution in [0.1, 0.15) is 11.1 Å². The minimum absolute atomic E-state index is 0.463. The van der Waals surface area contributed by atoms with Crippen molar-refractivity contribution in [2.45, 2.75) is 6.92 Å². The fourth-order valence-corrected chi connectivity index (χ4v) is 2.06. The number of hydrogen-bond acceptors (Lipinski definition) is 4. The molecule has 2 aromatic carbocycles. The van der Waals surface area contributed by atoms with E-state index in [4.69, 9.17) is 16.3 Å². The second-order valence-corrected chi connectivity index (χ2v) is 5.29. The van der Waals surface area contributed by atoms with Gasteiger partial charge < -0.3 is 10.1 Å². The maximum atomic E-state index is 11.9. The van der Waals surface area contributed by atoms with E-state index in [-0.39, 0.29) is 0 Å². The summed E-state index contributed by atoms with van der Waals surface area (Å²) in [5.74, 6) is -1.12. The summed E-state index contributed by atoms with van der Waals surface area (Å²) in [6, 6.07) is 12.2. The second-order valence-electron chi connectivity index (χ2n) is 4.85. The average Bonchev–Trinajstić information content (AvgIpc) is 2.58. The van der Waals surface area contributed by atoms with Gasteiger partial charge in [0.2, 0.25) is 0 Å². The van der Waals surface area contributed by atoms with Crippen LogP contribution < -0.4 is 15.5 Å². The first-order valence-electron chi connectivity index (χ1n) is 7.05. The number of nitrogens with zero attached hydrogens (tertiary/aromatic N) is 1. The highest BCUT2D eigenvalue weighted by Crippen LogP contribution is 2.20. The molecule has 124 valence electrons. The van der Waals surface area contributed by atoms with Gasteiger partial charge in [0.1, 0.15) is 5.75 Å². The number of benzene rings is 2. The van der Waals surface area contributed by atoms with E-state index in [0.29, 0.717) is 22.0 Å². The number of carbonyl (C=O) groups excluding carboxylic acids is 2. The molecule has 2 aromatic rings. The second kappa shape index (κ2) is 8.12. The molecule has 7 heteroatoms. The molecule has 0 aliphatic heterocycles. The van der Waals surface area contributed by atoms with Gasteiger partial charge >= 0.3 is 11.8 Å². The lowest BCUT2D eigenvalue weighted by atomic mass is 10.2. The summed E-state index contributed by atoms with van der Waals surface area (Å²) in [5.41, 5.74) is 4.10. The Hall–Kier alpha value is -2.86. The van der Waals surface area contributed by atoms with Gasteiger partial charge in [-0.25, -0.2) is 5.43 Å². The van der Waals surface area contributed by atoms with Gasteiger partial charge in [-0.2, -0.15) is 5.10 Å². The van der Waals surface area contributed by atoms with Gasteiger partial charge in [-0.1, -0.05) is 29.8 Å². The van der Waals surface area contributed by atoms with E-state index in [1.165, 1.54) is 13.3 Å². The standard InChI is InChI=1S/C17H16ClN3O3/c1-11-7-8-13(18)9-14(11)20-16(22)17(23)21-19-10-12-5-3-4-6-15(12)24-2/h3-10H,1-2H3,(H,20,22)(H,21,23). The van der Waals surface area contributed by atoms with Crippen molar-refractivity contribution < 1.29 is 14.3 Å². The monoisotopic (exact) mass is 345 g/mol. The van der Waals surface area contributed by atoms with Gasteiger partial charge in [0.25, 0.3) is 0 Å². The molecule has 24 heavy (non-hydrogen) atoms. The molecule has 0 saturated carbocycles. The lowest BCUT2D eigenvalue weighted by Gasteiger charge is -2.07. The zero-order chi connectivity index (χ0) is 17.5. The molecule has 6 nitrogen and oxygen atoms in total. The van der Waals surface area contributed by atoms with Crippen LogP contribution in [0.5, 0.6) is 5.75 Å². The molecule has 0 aromatic heterocycles. The van der Waals surface area contributed by atoms with E-state index in [1.807, 2.05) is 6.07 Å². The molecule has 0 atom stereocenters. The van der Waals surface area contributed by atoms with E-state index < -0.39 is 11.8 Å². The molecular weight excluding hydrogens is 330 g/mol. The minimum Gasteiger partial charge on any atom is -0.496 e. The van der Waals surface area contributed by atoms with Crippen LogP contribution in [0.3, 0.4) is 0 Å². The lowest BCUT2D eigenvalue weighted by Crippen LogP contribution is -2.32. The highest BCUT2D eigenvalue weighted by atomic mass is 35.5. The Bertz CT molecular complexity index is 790. The lowest BCUT2D eigenvalue weighted by molar-refractivity contribution is -0.136. The van der Waals surface area contributed by atoms with Crippen molar-refractivity contribution in [1.29, 1.82) is 0 Å². The number of aryl methyl sites for hydroxylation is 1. The topological polar surface area (TPSA) is 79.8 Å². The molecule has 0 unspecified atom stereocenters. The number of ether oxygens (including phenoxy) is 1. The van der Waals surface area contributed by atoms with E-state index >= 15 is 0 Å². The minimum atomic E-state index is -0.888. The van der Waals surface area contributed by atoms with Crippen LogP contribution in [-0.2, 0) is 9.59 Å².